The van der Waals surface area contributed by atoms with Gasteiger partial charge in [-0.05, 0) is 31.7 Å². The number of nitrogens with one attached hydrogen (secondary N) is 1. The number of halogens is 1. The average molecular weight is 240 g/mol. The highest BCUT2D eigenvalue weighted by Gasteiger charge is 2.23. The minimum absolute atomic E-state index is 0.206. The zero-order valence-electron chi connectivity index (χ0n) is 9.54. The third kappa shape index (κ3) is 2.50. The summed E-state index contributed by atoms with van der Waals surface area (Å²) >= 11 is 5.85. The molecule has 0 aromatic heterocycles. The van der Waals surface area contributed by atoms with Gasteiger partial charge in [-0.15, -0.1) is 0 Å². The molecule has 1 unspecified atom stereocenters. The molecule has 88 valence electrons. The van der Waals surface area contributed by atoms with Crippen LogP contribution in [0.15, 0.2) is 18.2 Å². The van der Waals surface area contributed by atoms with Gasteiger partial charge in [0.05, 0.1) is 5.02 Å². The summed E-state index contributed by atoms with van der Waals surface area (Å²) in [5, 5.41) is 13.6. The molecule has 1 saturated carbocycles. The molecule has 1 aromatic carbocycles. The molecule has 2 rings (SSSR count). The van der Waals surface area contributed by atoms with Crippen LogP contribution in [-0.2, 0) is 6.54 Å². The lowest BCUT2D eigenvalue weighted by Gasteiger charge is -2.32. The van der Waals surface area contributed by atoms with Crippen molar-refractivity contribution < 1.29 is 5.11 Å². The second-order valence-corrected chi connectivity index (χ2v) is 5.02. The minimum atomic E-state index is 0.206. The average Bonchev–Trinajstić information content (AvgIpc) is 2.18. The Bertz CT molecular complexity index is 363. The molecule has 3 heteroatoms. The van der Waals surface area contributed by atoms with Gasteiger partial charge in [0.15, 0.2) is 0 Å². The second-order valence-electron chi connectivity index (χ2n) is 4.61. The van der Waals surface area contributed by atoms with Gasteiger partial charge in [-0.3, -0.25) is 0 Å². The third-order valence-corrected chi connectivity index (χ3v) is 3.85. The highest BCUT2D eigenvalue weighted by molar-refractivity contribution is 6.32. The van der Waals surface area contributed by atoms with E-state index in [4.69, 9.17) is 11.6 Å². The molecular formula is C13H18ClNO. The molecule has 0 saturated heterocycles. The number of hydrogen-bond acceptors (Lipinski definition) is 2. The zero-order chi connectivity index (χ0) is 11.5. The van der Waals surface area contributed by atoms with Gasteiger partial charge in [-0.2, -0.15) is 0 Å². The molecule has 2 nitrogen and oxygen atoms in total. The second kappa shape index (κ2) is 5.07. The van der Waals surface area contributed by atoms with Gasteiger partial charge in [-0.25, -0.2) is 0 Å². The molecule has 1 aliphatic carbocycles. The first-order valence-electron chi connectivity index (χ1n) is 5.88. The lowest BCUT2D eigenvalue weighted by atomic mass is 9.80. The van der Waals surface area contributed by atoms with Crippen molar-refractivity contribution in [3.05, 3.63) is 28.8 Å². The Morgan fingerprint density at radius 3 is 2.88 bits per heavy atom. The van der Waals surface area contributed by atoms with E-state index in [9.17, 15) is 5.11 Å². The number of benzene rings is 1. The van der Waals surface area contributed by atoms with E-state index >= 15 is 0 Å². The molecule has 0 spiro atoms. The summed E-state index contributed by atoms with van der Waals surface area (Å²) in [5.74, 6) is 1.01. The largest absolute Gasteiger partial charge is 0.506 e. The van der Waals surface area contributed by atoms with Gasteiger partial charge in [0, 0.05) is 18.2 Å². The van der Waals surface area contributed by atoms with Crippen molar-refractivity contribution in [3.63, 3.8) is 0 Å². The maximum atomic E-state index is 9.75. The standard InChI is InChI=1S/C13H18ClNO/c1-9(10-4-2-5-10)15-8-11-6-3-7-12(14)13(11)16/h3,6-7,9-10,15-16H,2,4-5,8H2,1H3. The SMILES string of the molecule is CC(NCc1cccc(Cl)c1O)C1CCC1. The van der Waals surface area contributed by atoms with Crippen LogP contribution in [0.1, 0.15) is 31.7 Å². The molecule has 0 amide bonds. The summed E-state index contributed by atoms with van der Waals surface area (Å²) in [6.07, 6.45) is 4.02. The summed E-state index contributed by atoms with van der Waals surface area (Å²) in [4.78, 5) is 0. The molecule has 0 heterocycles. The van der Waals surface area contributed by atoms with Crippen molar-refractivity contribution in [1.29, 1.82) is 0 Å². The molecule has 1 atom stereocenters. The fourth-order valence-electron chi connectivity index (χ4n) is 2.08. The smallest absolute Gasteiger partial charge is 0.138 e. The summed E-state index contributed by atoms with van der Waals surface area (Å²) in [5.41, 5.74) is 0.874. The van der Waals surface area contributed by atoms with Gasteiger partial charge in [0.2, 0.25) is 0 Å². The maximum Gasteiger partial charge on any atom is 0.138 e. The molecule has 1 fully saturated rings. The van der Waals surface area contributed by atoms with E-state index in [2.05, 4.69) is 12.2 Å². The van der Waals surface area contributed by atoms with E-state index in [0.717, 1.165) is 11.5 Å². The number of phenols is 1. The van der Waals surface area contributed by atoms with Crippen LogP contribution in [0.3, 0.4) is 0 Å². The molecular weight excluding hydrogens is 222 g/mol. The van der Waals surface area contributed by atoms with E-state index in [1.54, 1.807) is 6.07 Å². The fraction of sp³-hybridized carbons (Fsp3) is 0.538. The van der Waals surface area contributed by atoms with E-state index in [1.807, 2.05) is 12.1 Å². The summed E-state index contributed by atoms with van der Waals surface area (Å²) in [6.45, 7) is 2.90. The van der Waals surface area contributed by atoms with Gasteiger partial charge in [0.1, 0.15) is 5.75 Å². The van der Waals surface area contributed by atoms with Crippen LogP contribution in [0.25, 0.3) is 0 Å². The Morgan fingerprint density at radius 1 is 1.50 bits per heavy atom. The molecule has 0 aliphatic heterocycles. The zero-order valence-corrected chi connectivity index (χ0v) is 10.3. The quantitative estimate of drug-likeness (QED) is 0.845. The molecule has 2 N–H and O–H groups in total. The normalized spacial score (nSPS) is 18.1. The lowest BCUT2D eigenvalue weighted by Crippen LogP contribution is -2.36. The highest BCUT2D eigenvalue weighted by Crippen LogP contribution is 2.30. The van der Waals surface area contributed by atoms with E-state index in [1.165, 1.54) is 19.3 Å². The molecule has 0 bridgehead atoms. The van der Waals surface area contributed by atoms with Crippen molar-refractivity contribution in [2.45, 2.75) is 38.8 Å². The van der Waals surface area contributed by atoms with Crippen molar-refractivity contribution in [2.75, 3.05) is 0 Å². The number of para-hydroxylation sites is 1. The van der Waals surface area contributed by atoms with E-state index < -0.39 is 0 Å². The maximum absolute atomic E-state index is 9.75. The van der Waals surface area contributed by atoms with Gasteiger partial charge in [-0.1, -0.05) is 30.2 Å². The Labute approximate surface area is 102 Å². The first kappa shape index (κ1) is 11.7. The molecule has 1 aliphatic rings. The van der Waals surface area contributed by atoms with Gasteiger partial charge < -0.3 is 10.4 Å². The highest BCUT2D eigenvalue weighted by atomic mass is 35.5. The number of rotatable bonds is 4. The van der Waals surface area contributed by atoms with Crippen molar-refractivity contribution >= 4 is 11.6 Å². The Balaban J connectivity index is 1.91. The minimum Gasteiger partial charge on any atom is -0.506 e. The van der Waals surface area contributed by atoms with Gasteiger partial charge in [0.25, 0.3) is 0 Å². The van der Waals surface area contributed by atoms with Crippen LogP contribution in [0.5, 0.6) is 5.75 Å². The van der Waals surface area contributed by atoms with Crippen LogP contribution in [-0.4, -0.2) is 11.1 Å². The Morgan fingerprint density at radius 2 is 2.25 bits per heavy atom. The summed E-state index contributed by atoms with van der Waals surface area (Å²) in [7, 11) is 0. The third-order valence-electron chi connectivity index (χ3n) is 3.54. The van der Waals surface area contributed by atoms with E-state index in [-0.39, 0.29) is 5.75 Å². The van der Waals surface area contributed by atoms with Crippen LogP contribution >= 0.6 is 11.6 Å². The Kier molecular flexibility index (Phi) is 3.72. The van der Waals surface area contributed by atoms with Crippen molar-refractivity contribution in [2.24, 2.45) is 5.92 Å². The monoisotopic (exact) mass is 239 g/mol. The Hall–Kier alpha value is -0.730. The van der Waals surface area contributed by atoms with Crippen LogP contribution < -0.4 is 5.32 Å². The molecule has 16 heavy (non-hydrogen) atoms. The van der Waals surface area contributed by atoms with E-state index in [0.29, 0.717) is 17.6 Å². The molecule has 1 aromatic rings. The predicted molar refractivity (Wildman–Crippen MR) is 66.8 cm³/mol. The van der Waals surface area contributed by atoms with Crippen molar-refractivity contribution in [1.82, 2.24) is 5.32 Å². The number of phenolic OH excluding ortho intramolecular Hbond substituents is 1. The predicted octanol–water partition coefficient (Wildman–Crippen LogP) is 3.32. The number of hydrogen-bond donors (Lipinski definition) is 2. The summed E-state index contributed by atoms with van der Waals surface area (Å²) in [6, 6.07) is 6.00. The first-order valence-corrected chi connectivity index (χ1v) is 6.26. The molecule has 0 radical (unpaired) electrons. The van der Waals surface area contributed by atoms with Crippen molar-refractivity contribution in [3.8, 4) is 5.75 Å². The lowest BCUT2D eigenvalue weighted by molar-refractivity contribution is 0.239. The first-order chi connectivity index (χ1) is 7.68. The van der Waals surface area contributed by atoms with Crippen LogP contribution in [0.2, 0.25) is 5.02 Å². The van der Waals surface area contributed by atoms with Crippen LogP contribution in [0, 0.1) is 5.92 Å². The topological polar surface area (TPSA) is 32.3 Å². The summed E-state index contributed by atoms with van der Waals surface area (Å²) < 4.78 is 0. The van der Waals surface area contributed by atoms with Crippen LogP contribution in [0.4, 0.5) is 0 Å². The fourth-order valence-corrected chi connectivity index (χ4v) is 2.27. The number of aromatic hydroxyl groups is 1. The van der Waals surface area contributed by atoms with Gasteiger partial charge >= 0.3 is 0 Å².